The maximum Gasteiger partial charge on any atom is 0.0187 e. The SMILES string of the molecule is CCC(CCCN)NC(CC)CCCN.NCCCC1(NC2(CCCN)CCCCC2)CCCCC1. The van der Waals surface area contributed by atoms with Crippen molar-refractivity contribution in [1.29, 1.82) is 0 Å². The molecule has 2 saturated carbocycles. The van der Waals surface area contributed by atoms with Gasteiger partial charge >= 0.3 is 0 Å². The molecule has 0 aromatic rings. The predicted molar refractivity (Wildman–Crippen MR) is 159 cm³/mol. The summed E-state index contributed by atoms with van der Waals surface area (Å²) in [6.45, 7) is 7.75. The van der Waals surface area contributed by atoms with Crippen LogP contribution >= 0.6 is 0 Å². The molecule has 2 unspecified atom stereocenters. The molecule has 0 aliphatic heterocycles. The Kier molecular flexibility index (Phi) is 19.4. The summed E-state index contributed by atoms with van der Waals surface area (Å²) in [6.07, 6.45) is 25.8. The van der Waals surface area contributed by atoms with Crippen molar-refractivity contribution >= 4 is 0 Å². The number of hydrogen-bond donors (Lipinski definition) is 6. The van der Waals surface area contributed by atoms with E-state index >= 15 is 0 Å². The molecule has 0 bridgehead atoms. The highest BCUT2D eigenvalue weighted by molar-refractivity contribution is 5.01. The molecule has 0 radical (unpaired) electrons. The average molecular weight is 511 g/mol. The molecule has 0 aromatic heterocycles. The summed E-state index contributed by atoms with van der Waals surface area (Å²) >= 11 is 0. The maximum absolute atomic E-state index is 5.81. The molecule has 0 aromatic carbocycles. The second-order valence-corrected chi connectivity index (χ2v) is 11.8. The summed E-state index contributed by atoms with van der Waals surface area (Å²) in [4.78, 5) is 0. The third-order valence-electron chi connectivity index (χ3n) is 8.84. The van der Waals surface area contributed by atoms with E-state index in [1.807, 2.05) is 0 Å². The molecular weight excluding hydrogens is 444 g/mol. The van der Waals surface area contributed by atoms with Crippen LogP contribution in [0.15, 0.2) is 0 Å². The summed E-state index contributed by atoms with van der Waals surface area (Å²) in [5.74, 6) is 0. The van der Waals surface area contributed by atoms with Crippen LogP contribution in [0.25, 0.3) is 0 Å². The van der Waals surface area contributed by atoms with Crippen LogP contribution in [0.1, 0.15) is 142 Å². The monoisotopic (exact) mass is 511 g/mol. The largest absolute Gasteiger partial charge is 0.330 e. The summed E-state index contributed by atoms with van der Waals surface area (Å²) < 4.78 is 0. The van der Waals surface area contributed by atoms with Gasteiger partial charge in [0.2, 0.25) is 0 Å². The molecule has 2 atom stereocenters. The fourth-order valence-corrected chi connectivity index (χ4v) is 6.65. The van der Waals surface area contributed by atoms with Crippen LogP contribution in [0.5, 0.6) is 0 Å². The van der Waals surface area contributed by atoms with Crippen molar-refractivity contribution in [2.24, 2.45) is 22.9 Å². The van der Waals surface area contributed by atoms with Gasteiger partial charge in [-0.3, -0.25) is 0 Å². The smallest absolute Gasteiger partial charge is 0.0187 e. The van der Waals surface area contributed by atoms with E-state index in [1.165, 1.54) is 116 Å². The lowest BCUT2D eigenvalue weighted by molar-refractivity contribution is 0.103. The molecule has 0 spiro atoms. The standard InChI is InChI=1S/C18H37N3.C12H29N3/c19-15-7-13-17(9-3-1-4-10-17)21-18(14-8-16-20)11-5-2-6-12-18;1-3-11(7-5-9-13)15-12(4-2)8-6-10-14/h21H,1-16,19-20H2;11-12,15H,3-10,13-14H2,1-2H3. The van der Waals surface area contributed by atoms with Gasteiger partial charge < -0.3 is 33.6 Å². The van der Waals surface area contributed by atoms with E-state index in [-0.39, 0.29) is 0 Å². The predicted octanol–water partition coefficient (Wildman–Crippen LogP) is 5.07. The minimum atomic E-state index is 0.379. The van der Waals surface area contributed by atoms with Gasteiger partial charge in [-0.1, -0.05) is 52.4 Å². The van der Waals surface area contributed by atoms with Crippen LogP contribution in [0.3, 0.4) is 0 Å². The normalized spacial score (nSPS) is 20.8. The highest BCUT2D eigenvalue weighted by atomic mass is 15.1. The van der Waals surface area contributed by atoms with Gasteiger partial charge in [0.1, 0.15) is 0 Å². The molecule has 0 amide bonds. The van der Waals surface area contributed by atoms with Crippen molar-refractivity contribution in [3.05, 3.63) is 0 Å². The van der Waals surface area contributed by atoms with Gasteiger partial charge in [-0.2, -0.15) is 0 Å². The Morgan fingerprint density at radius 1 is 0.556 bits per heavy atom. The minimum Gasteiger partial charge on any atom is -0.330 e. The quantitative estimate of drug-likeness (QED) is 0.153. The summed E-state index contributed by atoms with van der Waals surface area (Å²) in [6, 6.07) is 1.27. The third kappa shape index (κ3) is 13.5. The van der Waals surface area contributed by atoms with Crippen molar-refractivity contribution in [1.82, 2.24) is 10.6 Å². The van der Waals surface area contributed by atoms with Crippen molar-refractivity contribution in [2.75, 3.05) is 26.2 Å². The molecule has 216 valence electrons. The Hall–Kier alpha value is -0.240. The van der Waals surface area contributed by atoms with Crippen LogP contribution in [-0.4, -0.2) is 49.3 Å². The zero-order chi connectivity index (χ0) is 26.5. The van der Waals surface area contributed by atoms with E-state index in [2.05, 4.69) is 24.5 Å². The van der Waals surface area contributed by atoms with E-state index in [9.17, 15) is 0 Å². The summed E-state index contributed by atoms with van der Waals surface area (Å²) in [7, 11) is 0. The van der Waals surface area contributed by atoms with Gasteiger partial charge in [0, 0.05) is 23.2 Å². The highest BCUT2D eigenvalue weighted by Gasteiger charge is 2.40. The Labute approximate surface area is 225 Å². The van der Waals surface area contributed by atoms with Crippen LogP contribution in [-0.2, 0) is 0 Å². The molecule has 2 aliphatic carbocycles. The van der Waals surface area contributed by atoms with Gasteiger partial charge in [0.15, 0.2) is 0 Å². The van der Waals surface area contributed by atoms with Gasteiger partial charge in [-0.25, -0.2) is 0 Å². The Bertz CT molecular complexity index is 446. The number of nitrogens with two attached hydrogens (primary N) is 4. The first kappa shape index (κ1) is 33.8. The highest BCUT2D eigenvalue weighted by Crippen LogP contribution is 2.39. The van der Waals surface area contributed by atoms with E-state index < -0.39 is 0 Å². The molecule has 2 rings (SSSR count). The Morgan fingerprint density at radius 2 is 0.917 bits per heavy atom. The van der Waals surface area contributed by atoms with Gasteiger partial charge in [-0.15, -0.1) is 0 Å². The van der Waals surface area contributed by atoms with Gasteiger partial charge in [0.05, 0.1) is 0 Å². The average Bonchev–Trinajstić information content (AvgIpc) is 2.92. The second kappa shape index (κ2) is 20.7. The zero-order valence-corrected chi connectivity index (χ0v) is 24.4. The van der Waals surface area contributed by atoms with Crippen LogP contribution < -0.4 is 33.6 Å². The molecule has 0 saturated heterocycles. The lowest BCUT2D eigenvalue weighted by atomic mass is 9.72. The Morgan fingerprint density at radius 3 is 1.22 bits per heavy atom. The van der Waals surface area contributed by atoms with E-state index in [4.69, 9.17) is 22.9 Å². The van der Waals surface area contributed by atoms with Crippen molar-refractivity contribution < 1.29 is 0 Å². The maximum atomic E-state index is 5.81. The fraction of sp³-hybridized carbons (Fsp3) is 1.00. The van der Waals surface area contributed by atoms with Crippen molar-refractivity contribution in [2.45, 2.75) is 165 Å². The molecule has 2 aliphatic rings. The van der Waals surface area contributed by atoms with Gasteiger partial charge in [-0.05, 0) is 116 Å². The number of nitrogens with one attached hydrogen (secondary N) is 2. The molecule has 10 N–H and O–H groups in total. The van der Waals surface area contributed by atoms with Crippen LogP contribution in [0.2, 0.25) is 0 Å². The summed E-state index contributed by atoms with van der Waals surface area (Å²) in [5.41, 5.74) is 23.4. The lowest BCUT2D eigenvalue weighted by Crippen LogP contribution is -2.59. The minimum absolute atomic E-state index is 0.379. The molecule has 0 heterocycles. The van der Waals surface area contributed by atoms with Crippen LogP contribution in [0, 0.1) is 0 Å². The van der Waals surface area contributed by atoms with E-state index in [1.54, 1.807) is 0 Å². The topological polar surface area (TPSA) is 128 Å². The first-order chi connectivity index (χ1) is 17.5. The second-order valence-electron chi connectivity index (χ2n) is 11.8. The lowest BCUT2D eigenvalue weighted by Gasteiger charge is -2.49. The van der Waals surface area contributed by atoms with Gasteiger partial charge in [0.25, 0.3) is 0 Å². The van der Waals surface area contributed by atoms with Crippen molar-refractivity contribution in [3.8, 4) is 0 Å². The third-order valence-corrected chi connectivity index (χ3v) is 8.84. The Balaban J connectivity index is 0.000000384. The first-order valence-electron chi connectivity index (χ1n) is 15.9. The molecule has 6 nitrogen and oxygen atoms in total. The zero-order valence-electron chi connectivity index (χ0n) is 24.4. The van der Waals surface area contributed by atoms with E-state index in [0.717, 1.165) is 39.0 Å². The molecule has 6 heteroatoms. The first-order valence-corrected chi connectivity index (χ1v) is 15.9. The number of hydrogen-bond acceptors (Lipinski definition) is 6. The summed E-state index contributed by atoms with van der Waals surface area (Å²) in [5, 5.41) is 7.96. The van der Waals surface area contributed by atoms with Crippen molar-refractivity contribution in [3.63, 3.8) is 0 Å². The molecular formula is C30H66N6. The van der Waals surface area contributed by atoms with Crippen LogP contribution in [0.4, 0.5) is 0 Å². The number of rotatable bonds is 18. The molecule has 2 fully saturated rings. The molecule has 36 heavy (non-hydrogen) atoms. The fourth-order valence-electron chi connectivity index (χ4n) is 6.65. The van der Waals surface area contributed by atoms with E-state index in [0.29, 0.717) is 23.2 Å².